The number of nitrogens with zero attached hydrogens (tertiary/aromatic N) is 4. The van der Waals surface area contributed by atoms with Crippen molar-refractivity contribution in [2.24, 2.45) is 5.92 Å². The van der Waals surface area contributed by atoms with Crippen LogP contribution in [-0.4, -0.2) is 39.0 Å². The molecule has 1 atom stereocenters. The number of amides is 1. The molecule has 1 aliphatic heterocycles. The third kappa shape index (κ3) is 5.40. The predicted molar refractivity (Wildman–Crippen MR) is 108 cm³/mol. The minimum atomic E-state index is -0.187. The second-order valence-corrected chi connectivity index (χ2v) is 7.02. The predicted octanol–water partition coefficient (Wildman–Crippen LogP) is 1.93. The van der Waals surface area contributed by atoms with Crippen molar-refractivity contribution < 1.29 is 4.79 Å². The van der Waals surface area contributed by atoms with Gasteiger partial charge in [0.05, 0.1) is 6.20 Å². The van der Waals surface area contributed by atoms with E-state index in [0.29, 0.717) is 18.2 Å². The van der Waals surface area contributed by atoms with Crippen molar-refractivity contribution in [2.45, 2.75) is 45.2 Å². The Labute approximate surface area is 171 Å². The van der Waals surface area contributed by atoms with Gasteiger partial charge < -0.3 is 10.6 Å². The zero-order valence-corrected chi connectivity index (χ0v) is 16.8. The van der Waals surface area contributed by atoms with Crippen molar-refractivity contribution in [3.05, 3.63) is 41.0 Å². The summed E-state index contributed by atoms with van der Waals surface area (Å²) < 4.78 is 1.78. The van der Waals surface area contributed by atoms with Crippen LogP contribution >= 0.6 is 24.8 Å². The molecule has 0 aromatic carbocycles. The number of nitrogens with one attached hydrogen (secondary N) is 2. The van der Waals surface area contributed by atoms with E-state index in [4.69, 9.17) is 0 Å². The number of carbonyl (C=O) groups excluding carboxylic acids is 1. The molecule has 2 aromatic rings. The molecular weight excluding hydrogens is 387 g/mol. The molecule has 7 nitrogen and oxygen atoms in total. The normalized spacial score (nSPS) is 18.1. The molecule has 1 fully saturated rings. The molecule has 0 radical (unpaired) electrons. The molecule has 1 aliphatic carbocycles. The maximum atomic E-state index is 12.3. The van der Waals surface area contributed by atoms with E-state index in [0.717, 1.165) is 38.0 Å². The van der Waals surface area contributed by atoms with Gasteiger partial charge in [-0.15, -0.1) is 29.9 Å². The first-order valence-corrected chi connectivity index (χ1v) is 9.13. The summed E-state index contributed by atoms with van der Waals surface area (Å²) in [6.07, 6.45) is 9.33. The highest BCUT2D eigenvalue weighted by Crippen LogP contribution is 2.20. The van der Waals surface area contributed by atoms with Gasteiger partial charge in [-0.25, -0.2) is 0 Å². The van der Waals surface area contributed by atoms with Gasteiger partial charge in [-0.3, -0.25) is 14.5 Å². The van der Waals surface area contributed by atoms with Gasteiger partial charge in [-0.2, -0.15) is 0 Å². The molecule has 0 spiro atoms. The molecule has 4 rings (SSSR count). The van der Waals surface area contributed by atoms with Crippen LogP contribution in [0.1, 0.15) is 46.6 Å². The first-order chi connectivity index (χ1) is 12.3. The van der Waals surface area contributed by atoms with E-state index in [-0.39, 0.29) is 30.7 Å². The molecule has 0 bridgehead atoms. The zero-order valence-electron chi connectivity index (χ0n) is 15.2. The average Bonchev–Trinajstić information content (AvgIpc) is 3.29. The molecule has 2 aliphatic rings. The molecule has 3 heterocycles. The Hall–Kier alpha value is -1.70. The van der Waals surface area contributed by atoms with E-state index in [2.05, 4.69) is 32.0 Å². The summed E-state index contributed by atoms with van der Waals surface area (Å²) >= 11 is 0. The molecule has 0 saturated carbocycles. The minimum absolute atomic E-state index is 0. The number of carbonyl (C=O) groups is 1. The third-order valence-corrected chi connectivity index (χ3v) is 5.04. The van der Waals surface area contributed by atoms with E-state index >= 15 is 0 Å². The van der Waals surface area contributed by atoms with Crippen LogP contribution in [0, 0.1) is 5.92 Å². The molecule has 1 amide bonds. The summed E-state index contributed by atoms with van der Waals surface area (Å²) in [6, 6.07) is 2.16. The highest BCUT2D eigenvalue weighted by Gasteiger charge is 2.17. The first kappa shape index (κ1) is 21.6. The fourth-order valence-corrected chi connectivity index (χ4v) is 3.68. The zero-order chi connectivity index (χ0) is 17.1. The van der Waals surface area contributed by atoms with Crippen LogP contribution in [0.25, 0.3) is 0 Å². The number of hydrogen-bond donors (Lipinski definition) is 2. The van der Waals surface area contributed by atoms with Crippen LogP contribution in [0.15, 0.2) is 18.5 Å². The lowest BCUT2D eigenvalue weighted by Gasteiger charge is -2.22. The highest BCUT2D eigenvalue weighted by atomic mass is 35.5. The van der Waals surface area contributed by atoms with E-state index in [1.165, 1.54) is 30.5 Å². The van der Waals surface area contributed by atoms with Crippen molar-refractivity contribution in [3.63, 3.8) is 0 Å². The van der Waals surface area contributed by atoms with Crippen molar-refractivity contribution in [3.8, 4) is 0 Å². The van der Waals surface area contributed by atoms with E-state index in [1.807, 2.05) is 6.20 Å². The fraction of sp³-hybridized carbons (Fsp3) is 0.556. The summed E-state index contributed by atoms with van der Waals surface area (Å²) in [7, 11) is 0. The van der Waals surface area contributed by atoms with E-state index < -0.39 is 0 Å². The van der Waals surface area contributed by atoms with Gasteiger partial charge >= 0.3 is 0 Å². The number of rotatable bonds is 5. The minimum Gasteiger partial charge on any atom is -0.346 e. The Morgan fingerprint density at radius 2 is 2.19 bits per heavy atom. The molecule has 27 heavy (non-hydrogen) atoms. The number of aryl methyl sites for hydroxylation is 2. The van der Waals surface area contributed by atoms with Gasteiger partial charge in [-0.1, -0.05) is 11.3 Å². The van der Waals surface area contributed by atoms with E-state index in [1.54, 1.807) is 10.9 Å². The third-order valence-electron chi connectivity index (χ3n) is 5.04. The topological polar surface area (TPSA) is 84.7 Å². The first-order valence-electron chi connectivity index (χ1n) is 9.13. The van der Waals surface area contributed by atoms with E-state index in [9.17, 15) is 4.79 Å². The number of piperidine rings is 1. The average molecular weight is 413 g/mol. The number of aromatic nitrogens is 4. The maximum absolute atomic E-state index is 12.3. The largest absolute Gasteiger partial charge is 0.346 e. The smallest absolute Gasteiger partial charge is 0.273 e. The Balaban J connectivity index is 0.00000131. The molecular formula is C18H26Cl2N6O. The van der Waals surface area contributed by atoms with Gasteiger partial charge in [0, 0.05) is 25.0 Å². The molecule has 148 valence electrons. The number of hydrogen-bond acceptors (Lipinski definition) is 5. The Kier molecular flexibility index (Phi) is 8.01. The lowest BCUT2D eigenvalue weighted by molar-refractivity contribution is 0.0945. The van der Waals surface area contributed by atoms with Crippen LogP contribution in [-0.2, 0) is 25.9 Å². The van der Waals surface area contributed by atoms with Gasteiger partial charge in [-0.05, 0) is 62.2 Å². The Morgan fingerprint density at radius 3 is 3.00 bits per heavy atom. The standard InChI is InChI=1S/C18H24N6O.2ClH/c25-18(21-10-14-7-15-4-1-5-16(15)20-9-14)17-12-24(23-22-17)11-13-3-2-6-19-8-13;;/h7,9,12-13,19H,1-6,8,10-11H2,(H,21,25);2*1H. The maximum Gasteiger partial charge on any atom is 0.273 e. The highest BCUT2D eigenvalue weighted by molar-refractivity contribution is 5.91. The molecule has 2 aromatic heterocycles. The summed E-state index contributed by atoms with van der Waals surface area (Å²) in [4.78, 5) is 16.8. The molecule has 1 unspecified atom stereocenters. The van der Waals surface area contributed by atoms with Crippen LogP contribution < -0.4 is 10.6 Å². The summed E-state index contributed by atoms with van der Waals surface area (Å²) in [6.45, 7) is 3.38. The second-order valence-electron chi connectivity index (χ2n) is 7.02. The van der Waals surface area contributed by atoms with Gasteiger partial charge in [0.1, 0.15) is 0 Å². The van der Waals surface area contributed by atoms with Crippen molar-refractivity contribution in [1.82, 2.24) is 30.6 Å². The lowest BCUT2D eigenvalue weighted by Crippen LogP contribution is -2.32. The Bertz CT molecular complexity index is 760. The molecule has 2 N–H and O–H groups in total. The Morgan fingerprint density at radius 1 is 1.30 bits per heavy atom. The van der Waals surface area contributed by atoms with Gasteiger partial charge in [0.15, 0.2) is 5.69 Å². The number of halogens is 2. The van der Waals surface area contributed by atoms with Crippen LogP contribution in [0.2, 0.25) is 0 Å². The van der Waals surface area contributed by atoms with Crippen molar-refractivity contribution in [1.29, 1.82) is 0 Å². The summed E-state index contributed by atoms with van der Waals surface area (Å²) in [5, 5.41) is 14.4. The molecule has 9 heteroatoms. The van der Waals surface area contributed by atoms with Crippen molar-refractivity contribution >= 4 is 30.7 Å². The van der Waals surface area contributed by atoms with Crippen LogP contribution in [0.3, 0.4) is 0 Å². The van der Waals surface area contributed by atoms with Crippen LogP contribution in [0.4, 0.5) is 0 Å². The number of fused-ring (bicyclic) bond motifs is 1. The summed E-state index contributed by atoms with van der Waals surface area (Å²) in [5.74, 6) is 0.373. The van der Waals surface area contributed by atoms with Crippen molar-refractivity contribution in [2.75, 3.05) is 13.1 Å². The summed E-state index contributed by atoms with van der Waals surface area (Å²) in [5.41, 5.74) is 3.93. The van der Waals surface area contributed by atoms with Gasteiger partial charge in [0.25, 0.3) is 5.91 Å². The second kappa shape index (κ2) is 10.0. The van der Waals surface area contributed by atoms with Gasteiger partial charge in [0.2, 0.25) is 0 Å². The molecule has 1 saturated heterocycles. The van der Waals surface area contributed by atoms with Crippen LogP contribution in [0.5, 0.6) is 0 Å². The number of pyridine rings is 1. The monoisotopic (exact) mass is 412 g/mol. The quantitative estimate of drug-likeness (QED) is 0.783. The fourth-order valence-electron chi connectivity index (χ4n) is 3.68. The lowest BCUT2D eigenvalue weighted by atomic mass is 10.00. The SMILES string of the molecule is Cl.Cl.O=C(NCc1cnc2c(c1)CCC2)c1cn(CC2CCCNC2)nn1.